The van der Waals surface area contributed by atoms with Crippen LogP contribution in [0.1, 0.15) is 113 Å². The van der Waals surface area contributed by atoms with Gasteiger partial charge in [0.15, 0.2) is 0 Å². The fraction of sp³-hybridized carbons (Fsp3) is 0.900. The predicted octanol–water partition coefficient (Wildman–Crippen LogP) is 8.23. The van der Waals surface area contributed by atoms with Crippen molar-refractivity contribution in [1.82, 2.24) is 0 Å². The van der Waals surface area contributed by atoms with Crippen molar-refractivity contribution in [1.29, 1.82) is 0 Å². The van der Waals surface area contributed by atoms with Gasteiger partial charge in [-0.3, -0.25) is 4.79 Å². The zero-order valence-electron chi connectivity index (χ0n) is 21.6. The highest BCUT2D eigenvalue weighted by atomic mass is 16.1. The van der Waals surface area contributed by atoms with Crippen LogP contribution in [0.2, 0.25) is 0 Å². The molecule has 5 aliphatic carbocycles. The van der Waals surface area contributed by atoms with Crippen molar-refractivity contribution in [3.63, 3.8) is 0 Å². The third-order valence-corrected chi connectivity index (χ3v) is 13.2. The Morgan fingerprint density at radius 3 is 2.19 bits per heavy atom. The van der Waals surface area contributed by atoms with E-state index < -0.39 is 0 Å². The molecule has 31 heavy (non-hydrogen) atoms. The third kappa shape index (κ3) is 2.59. The minimum atomic E-state index is -0.131. The first-order valence-electron chi connectivity index (χ1n) is 13.5. The van der Waals surface area contributed by atoms with Gasteiger partial charge in [0.1, 0.15) is 5.78 Å². The van der Waals surface area contributed by atoms with Gasteiger partial charge in [0.25, 0.3) is 0 Å². The Morgan fingerprint density at radius 1 is 0.806 bits per heavy atom. The molecule has 5 fully saturated rings. The summed E-state index contributed by atoms with van der Waals surface area (Å²) < 4.78 is 0. The summed E-state index contributed by atoms with van der Waals surface area (Å²) in [5.41, 5.74) is 3.06. The van der Waals surface area contributed by atoms with Gasteiger partial charge in [-0.15, -0.1) is 0 Å². The molecule has 0 aliphatic heterocycles. The molecule has 0 heterocycles. The maximum absolute atomic E-state index is 12.9. The van der Waals surface area contributed by atoms with Crippen LogP contribution in [0.5, 0.6) is 0 Å². The number of hydrogen-bond acceptors (Lipinski definition) is 1. The van der Waals surface area contributed by atoms with Gasteiger partial charge < -0.3 is 0 Å². The molecule has 9 atom stereocenters. The van der Waals surface area contributed by atoms with E-state index in [0.717, 1.165) is 36.5 Å². The van der Waals surface area contributed by atoms with Crippen LogP contribution in [0.4, 0.5) is 0 Å². The second-order valence-corrected chi connectivity index (χ2v) is 14.5. The molecular weight excluding hydrogens is 376 g/mol. The summed E-state index contributed by atoms with van der Waals surface area (Å²) >= 11 is 0. The van der Waals surface area contributed by atoms with Crippen LogP contribution in [0.15, 0.2) is 12.2 Å². The smallest absolute Gasteiger partial charge is 0.138 e. The Balaban J connectivity index is 1.55. The minimum Gasteiger partial charge on any atom is -0.299 e. The molecule has 0 bridgehead atoms. The molecule has 0 saturated heterocycles. The van der Waals surface area contributed by atoms with Gasteiger partial charge in [-0.1, -0.05) is 53.7 Å². The van der Waals surface area contributed by atoms with Crippen molar-refractivity contribution in [3.05, 3.63) is 12.2 Å². The molecule has 0 radical (unpaired) electrons. The van der Waals surface area contributed by atoms with Crippen LogP contribution in [-0.4, -0.2) is 5.78 Å². The Labute approximate surface area is 192 Å². The SMILES string of the molecule is C=C(C)[C@@H]1CC[C@]2(C)CCC3(C)[C@H](CC[C@@H]4[C@@]5(C)CCC(=O)C(C)(C)C5CC[C@]43C)[C@@H]12. The van der Waals surface area contributed by atoms with Crippen LogP contribution >= 0.6 is 0 Å². The van der Waals surface area contributed by atoms with E-state index in [9.17, 15) is 4.79 Å². The highest BCUT2D eigenvalue weighted by molar-refractivity contribution is 5.85. The first-order chi connectivity index (χ1) is 14.3. The standard InChI is InChI=1S/C30H48O/c1-19(2)20-11-14-27(5)17-18-29(7)21(25(20)27)9-10-23-28(6)15-13-24(31)26(3,4)22(28)12-16-30(23,29)8/h20-23,25H,1,9-18H2,2-8H3/t20-,21+,22?,23+,25+,27+,28-,29?,30+/m0/s1. The predicted molar refractivity (Wildman–Crippen MR) is 130 cm³/mol. The molecular formula is C30H48O. The van der Waals surface area contributed by atoms with Crippen molar-refractivity contribution in [2.24, 2.45) is 56.7 Å². The number of hydrogen-bond donors (Lipinski definition) is 0. The average Bonchev–Trinajstić information content (AvgIpc) is 3.04. The Kier molecular flexibility index (Phi) is 4.66. The first-order valence-corrected chi connectivity index (χ1v) is 13.5. The Morgan fingerprint density at radius 2 is 1.52 bits per heavy atom. The fourth-order valence-electron chi connectivity index (χ4n) is 11.3. The lowest BCUT2D eigenvalue weighted by atomic mass is 9.32. The second-order valence-electron chi connectivity index (χ2n) is 14.5. The lowest BCUT2D eigenvalue weighted by Crippen LogP contribution is -2.66. The molecule has 0 N–H and O–H groups in total. The van der Waals surface area contributed by atoms with Crippen LogP contribution in [-0.2, 0) is 4.79 Å². The van der Waals surface area contributed by atoms with Crippen molar-refractivity contribution in [2.75, 3.05) is 0 Å². The largest absolute Gasteiger partial charge is 0.299 e. The van der Waals surface area contributed by atoms with Crippen molar-refractivity contribution >= 4 is 5.78 Å². The van der Waals surface area contributed by atoms with Crippen molar-refractivity contribution in [2.45, 2.75) is 113 Å². The summed E-state index contributed by atoms with van der Waals surface area (Å²) in [7, 11) is 0. The van der Waals surface area contributed by atoms with E-state index in [1.54, 1.807) is 0 Å². The third-order valence-electron chi connectivity index (χ3n) is 13.2. The van der Waals surface area contributed by atoms with Gasteiger partial charge in [-0.25, -0.2) is 0 Å². The van der Waals surface area contributed by atoms with Crippen LogP contribution < -0.4 is 0 Å². The first kappa shape index (κ1) is 22.2. The lowest BCUT2D eigenvalue weighted by Gasteiger charge is -2.72. The monoisotopic (exact) mass is 424 g/mol. The van der Waals surface area contributed by atoms with E-state index in [4.69, 9.17) is 0 Å². The van der Waals surface area contributed by atoms with Gasteiger partial charge >= 0.3 is 0 Å². The van der Waals surface area contributed by atoms with Gasteiger partial charge in [0.05, 0.1) is 0 Å². The number of ketones is 1. The van der Waals surface area contributed by atoms with E-state index in [-0.39, 0.29) is 5.41 Å². The molecule has 0 amide bonds. The quantitative estimate of drug-likeness (QED) is 0.387. The summed E-state index contributed by atoms with van der Waals surface area (Å²) in [5, 5.41) is 0. The number of allylic oxidation sites excluding steroid dienone is 1. The lowest BCUT2D eigenvalue weighted by molar-refractivity contribution is -0.232. The highest BCUT2D eigenvalue weighted by Gasteiger charge is 2.70. The Hall–Kier alpha value is -0.590. The molecule has 2 unspecified atom stereocenters. The molecule has 5 rings (SSSR count). The molecule has 5 saturated carbocycles. The topological polar surface area (TPSA) is 17.1 Å². The summed E-state index contributed by atoms with van der Waals surface area (Å²) in [6, 6.07) is 0. The van der Waals surface area contributed by atoms with Crippen LogP contribution in [0.3, 0.4) is 0 Å². The molecule has 1 nitrogen and oxygen atoms in total. The van der Waals surface area contributed by atoms with E-state index in [0.29, 0.717) is 33.4 Å². The van der Waals surface area contributed by atoms with Crippen LogP contribution in [0, 0.1) is 56.7 Å². The van der Waals surface area contributed by atoms with E-state index in [1.807, 2.05) is 0 Å². The Bertz CT molecular complexity index is 807. The van der Waals surface area contributed by atoms with Crippen molar-refractivity contribution < 1.29 is 4.79 Å². The number of Topliss-reactive ketones (excluding diaryl/α,β-unsaturated/α-hetero) is 1. The van der Waals surface area contributed by atoms with Gasteiger partial charge in [0, 0.05) is 11.8 Å². The van der Waals surface area contributed by atoms with Gasteiger partial charge in [-0.2, -0.15) is 0 Å². The minimum absolute atomic E-state index is 0.131. The molecule has 0 spiro atoms. The maximum Gasteiger partial charge on any atom is 0.138 e. The molecule has 0 aromatic heterocycles. The maximum atomic E-state index is 12.9. The fourth-order valence-corrected chi connectivity index (χ4v) is 11.3. The number of carbonyl (C=O) groups is 1. The summed E-state index contributed by atoms with van der Waals surface area (Å²) in [6.45, 7) is 22.0. The number of fused-ring (bicyclic) bond motifs is 7. The van der Waals surface area contributed by atoms with E-state index in [1.165, 1.54) is 56.9 Å². The zero-order valence-corrected chi connectivity index (χ0v) is 21.6. The molecule has 5 aliphatic rings. The van der Waals surface area contributed by atoms with Crippen LogP contribution in [0.25, 0.3) is 0 Å². The second kappa shape index (κ2) is 6.50. The summed E-state index contributed by atoms with van der Waals surface area (Å²) in [5.74, 6) is 4.33. The molecule has 0 aromatic carbocycles. The average molecular weight is 425 g/mol. The van der Waals surface area contributed by atoms with E-state index >= 15 is 0 Å². The molecule has 0 aromatic rings. The van der Waals surface area contributed by atoms with Gasteiger partial charge in [-0.05, 0) is 116 Å². The summed E-state index contributed by atoms with van der Waals surface area (Å²) in [6.07, 6.45) is 13.0. The highest BCUT2D eigenvalue weighted by Crippen LogP contribution is 2.77. The number of carbonyl (C=O) groups excluding carboxylic acids is 1. The normalized spacial score (nSPS) is 55.6. The van der Waals surface area contributed by atoms with Gasteiger partial charge in [0.2, 0.25) is 0 Å². The molecule has 174 valence electrons. The molecule has 1 heteroatoms. The summed E-state index contributed by atoms with van der Waals surface area (Å²) in [4.78, 5) is 12.9. The number of rotatable bonds is 1. The van der Waals surface area contributed by atoms with E-state index in [2.05, 4.69) is 55.0 Å². The van der Waals surface area contributed by atoms with Crippen molar-refractivity contribution in [3.8, 4) is 0 Å². The zero-order chi connectivity index (χ0) is 22.6.